The lowest BCUT2D eigenvalue weighted by molar-refractivity contribution is 0.167. The van der Waals surface area contributed by atoms with Gasteiger partial charge in [-0.2, -0.15) is 5.26 Å². The number of nitriles is 1. The van der Waals surface area contributed by atoms with Crippen LogP contribution in [-0.2, 0) is 6.54 Å². The number of likely N-dealkylation sites (tertiary alicyclic amines) is 1. The van der Waals surface area contributed by atoms with Gasteiger partial charge in [0.1, 0.15) is 0 Å². The second-order valence-corrected chi connectivity index (χ2v) is 6.55. The number of nitrogens with zero attached hydrogens (tertiary/aromatic N) is 3. The quantitative estimate of drug-likeness (QED) is 0.407. The minimum atomic E-state index is 0. The molecule has 0 amide bonds. The summed E-state index contributed by atoms with van der Waals surface area (Å²) in [6.45, 7) is 10.4. The highest BCUT2D eigenvalue weighted by Crippen LogP contribution is 2.13. The zero-order valence-corrected chi connectivity index (χ0v) is 17.8. The Labute approximate surface area is 168 Å². The van der Waals surface area contributed by atoms with Crippen molar-refractivity contribution >= 4 is 29.9 Å². The fourth-order valence-corrected chi connectivity index (χ4v) is 2.93. The number of guanidine groups is 1. The van der Waals surface area contributed by atoms with Gasteiger partial charge in [0.05, 0.1) is 18.2 Å². The number of hydrogen-bond donors (Lipinski definition) is 2. The van der Waals surface area contributed by atoms with Crippen LogP contribution in [0.25, 0.3) is 0 Å². The molecule has 1 aliphatic rings. The van der Waals surface area contributed by atoms with Gasteiger partial charge in [-0.25, -0.2) is 4.99 Å². The van der Waals surface area contributed by atoms with Gasteiger partial charge < -0.3 is 15.5 Å². The van der Waals surface area contributed by atoms with Crippen LogP contribution < -0.4 is 10.6 Å². The first-order valence-corrected chi connectivity index (χ1v) is 8.90. The smallest absolute Gasteiger partial charge is 0.191 e. The summed E-state index contributed by atoms with van der Waals surface area (Å²) < 4.78 is 0. The van der Waals surface area contributed by atoms with Crippen molar-refractivity contribution in [2.75, 3.05) is 19.6 Å². The van der Waals surface area contributed by atoms with Gasteiger partial charge in [0, 0.05) is 31.7 Å². The highest BCUT2D eigenvalue weighted by Gasteiger charge is 2.21. The van der Waals surface area contributed by atoms with Crippen LogP contribution in [0.4, 0.5) is 0 Å². The van der Waals surface area contributed by atoms with Gasteiger partial charge in [0.2, 0.25) is 0 Å². The van der Waals surface area contributed by atoms with E-state index in [9.17, 15) is 0 Å². The minimum absolute atomic E-state index is 0. The van der Waals surface area contributed by atoms with E-state index in [1.54, 1.807) is 0 Å². The number of benzene rings is 1. The maximum Gasteiger partial charge on any atom is 0.191 e. The van der Waals surface area contributed by atoms with Crippen LogP contribution in [0.5, 0.6) is 0 Å². The van der Waals surface area contributed by atoms with E-state index in [4.69, 9.17) is 5.26 Å². The van der Waals surface area contributed by atoms with E-state index < -0.39 is 0 Å². The van der Waals surface area contributed by atoms with Gasteiger partial charge in [0.15, 0.2) is 5.96 Å². The zero-order chi connectivity index (χ0) is 17.4. The lowest BCUT2D eigenvalue weighted by Crippen LogP contribution is -2.49. The third-order valence-electron chi connectivity index (χ3n) is 4.45. The molecule has 0 bridgehead atoms. The van der Waals surface area contributed by atoms with E-state index >= 15 is 0 Å². The van der Waals surface area contributed by atoms with Crippen LogP contribution in [0.1, 0.15) is 44.7 Å². The molecule has 5 nitrogen and oxygen atoms in total. The molecule has 1 aliphatic heterocycles. The van der Waals surface area contributed by atoms with E-state index in [0.29, 0.717) is 24.2 Å². The average Bonchev–Trinajstić information content (AvgIpc) is 2.61. The Morgan fingerprint density at radius 1 is 1.28 bits per heavy atom. The summed E-state index contributed by atoms with van der Waals surface area (Å²) >= 11 is 0. The molecule has 2 rings (SSSR count). The molecule has 0 spiro atoms. The van der Waals surface area contributed by atoms with Gasteiger partial charge >= 0.3 is 0 Å². The zero-order valence-electron chi connectivity index (χ0n) is 15.5. The lowest BCUT2D eigenvalue weighted by atomic mass is 10.0. The number of rotatable bonds is 5. The van der Waals surface area contributed by atoms with Crippen molar-refractivity contribution in [1.82, 2.24) is 15.5 Å². The summed E-state index contributed by atoms with van der Waals surface area (Å²) in [5.74, 6) is 0.879. The minimum Gasteiger partial charge on any atom is -0.357 e. The van der Waals surface area contributed by atoms with Crippen LogP contribution in [0.15, 0.2) is 29.3 Å². The SMILES string of the molecule is CCNC(=NCc1ccc(C#N)cc1)NC1CCN(C(C)C)CC1.I. The number of nitrogens with one attached hydrogen (secondary N) is 2. The summed E-state index contributed by atoms with van der Waals surface area (Å²) in [5, 5.41) is 15.7. The molecule has 0 saturated carbocycles. The third kappa shape index (κ3) is 7.20. The Morgan fingerprint density at radius 3 is 2.44 bits per heavy atom. The topological polar surface area (TPSA) is 63.5 Å². The summed E-state index contributed by atoms with van der Waals surface area (Å²) in [4.78, 5) is 7.21. The summed E-state index contributed by atoms with van der Waals surface area (Å²) in [6, 6.07) is 10.9. The molecule has 0 radical (unpaired) electrons. The van der Waals surface area contributed by atoms with Crippen LogP contribution in [-0.4, -0.2) is 42.6 Å². The molecule has 0 atom stereocenters. The molecule has 2 N–H and O–H groups in total. The maximum absolute atomic E-state index is 8.85. The Balaban J connectivity index is 0.00000312. The van der Waals surface area contributed by atoms with Crippen molar-refractivity contribution in [2.45, 2.75) is 52.2 Å². The second kappa shape index (κ2) is 11.3. The van der Waals surface area contributed by atoms with Crippen molar-refractivity contribution in [3.63, 3.8) is 0 Å². The summed E-state index contributed by atoms with van der Waals surface area (Å²) in [6.07, 6.45) is 2.30. The number of aliphatic imine (C=N–C) groups is 1. The van der Waals surface area contributed by atoms with Crippen molar-refractivity contribution in [3.05, 3.63) is 35.4 Å². The predicted molar refractivity (Wildman–Crippen MR) is 114 cm³/mol. The normalized spacial score (nSPS) is 16.2. The molecule has 1 aromatic rings. The lowest BCUT2D eigenvalue weighted by Gasteiger charge is -2.35. The first kappa shape index (κ1) is 21.7. The first-order chi connectivity index (χ1) is 11.6. The molecule has 6 heteroatoms. The van der Waals surface area contributed by atoms with E-state index in [1.807, 2.05) is 24.3 Å². The van der Waals surface area contributed by atoms with Crippen molar-refractivity contribution in [2.24, 2.45) is 4.99 Å². The van der Waals surface area contributed by atoms with Crippen LogP contribution in [0.2, 0.25) is 0 Å². The third-order valence-corrected chi connectivity index (χ3v) is 4.45. The molecule has 0 unspecified atom stereocenters. The molecule has 0 aliphatic carbocycles. The molecule has 1 aromatic carbocycles. The molecule has 138 valence electrons. The fraction of sp³-hybridized carbons (Fsp3) is 0.579. The summed E-state index contributed by atoms with van der Waals surface area (Å²) in [7, 11) is 0. The molecule has 1 fully saturated rings. The van der Waals surface area contributed by atoms with E-state index in [1.165, 1.54) is 0 Å². The van der Waals surface area contributed by atoms with Crippen molar-refractivity contribution < 1.29 is 0 Å². The van der Waals surface area contributed by atoms with Crippen LogP contribution in [0.3, 0.4) is 0 Å². The predicted octanol–water partition coefficient (Wildman–Crippen LogP) is 3.10. The summed E-state index contributed by atoms with van der Waals surface area (Å²) in [5.41, 5.74) is 1.80. The van der Waals surface area contributed by atoms with Gasteiger partial charge in [-0.1, -0.05) is 12.1 Å². The highest BCUT2D eigenvalue weighted by molar-refractivity contribution is 14.0. The van der Waals surface area contributed by atoms with Crippen molar-refractivity contribution in [3.8, 4) is 6.07 Å². The van der Waals surface area contributed by atoms with Gasteiger partial charge in [-0.05, 0) is 51.3 Å². The van der Waals surface area contributed by atoms with Gasteiger partial charge in [0.25, 0.3) is 0 Å². The molecule has 1 saturated heterocycles. The Hall–Kier alpha value is -1.33. The highest BCUT2D eigenvalue weighted by atomic mass is 127. The molecule has 0 aromatic heterocycles. The largest absolute Gasteiger partial charge is 0.357 e. The van der Waals surface area contributed by atoms with Gasteiger partial charge in [-0.15, -0.1) is 24.0 Å². The number of halogens is 1. The molecular formula is C19H30IN5. The Bertz CT molecular complexity index is 568. The van der Waals surface area contributed by atoms with Crippen LogP contribution >= 0.6 is 24.0 Å². The molecular weight excluding hydrogens is 425 g/mol. The fourth-order valence-electron chi connectivity index (χ4n) is 2.93. The Morgan fingerprint density at radius 2 is 1.92 bits per heavy atom. The molecule has 1 heterocycles. The first-order valence-electron chi connectivity index (χ1n) is 8.90. The molecule has 25 heavy (non-hydrogen) atoms. The number of piperidine rings is 1. The standard InChI is InChI=1S/C19H29N5.HI/c1-4-21-19(22-14-17-7-5-16(13-20)6-8-17)23-18-9-11-24(12-10-18)15(2)3;/h5-8,15,18H,4,9-12,14H2,1-3H3,(H2,21,22,23);1H. The maximum atomic E-state index is 8.85. The van der Waals surface area contributed by atoms with E-state index in [2.05, 4.69) is 47.4 Å². The monoisotopic (exact) mass is 455 g/mol. The van der Waals surface area contributed by atoms with Gasteiger partial charge in [-0.3, -0.25) is 0 Å². The second-order valence-electron chi connectivity index (χ2n) is 6.55. The van der Waals surface area contributed by atoms with E-state index in [0.717, 1.165) is 44.0 Å². The number of hydrogen-bond acceptors (Lipinski definition) is 3. The van der Waals surface area contributed by atoms with E-state index in [-0.39, 0.29) is 24.0 Å². The van der Waals surface area contributed by atoms with Crippen molar-refractivity contribution in [1.29, 1.82) is 5.26 Å². The van der Waals surface area contributed by atoms with Crippen LogP contribution in [0, 0.1) is 11.3 Å². The average molecular weight is 455 g/mol. The Kier molecular flexibility index (Phi) is 9.83.